The average Bonchev–Trinajstić information content (AvgIpc) is 2.78. The minimum atomic E-state index is -4.61. The fourth-order valence-electron chi connectivity index (χ4n) is 3.72. The first-order valence-electron chi connectivity index (χ1n) is 10.5. The minimum Gasteiger partial charge on any atom is -0.345 e. The number of benzene rings is 2. The number of halogens is 4. The van der Waals surface area contributed by atoms with Crippen LogP contribution in [0.5, 0.6) is 0 Å². The molecule has 2 aromatic rings. The zero-order valence-electron chi connectivity index (χ0n) is 18.8. The molecule has 1 N–H and O–H groups in total. The van der Waals surface area contributed by atoms with Crippen molar-refractivity contribution in [2.24, 2.45) is 4.99 Å². The van der Waals surface area contributed by atoms with Crippen LogP contribution < -0.4 is 5.32 Å². The normalized spacial score (nSPS) is 17.4. The Morgan fingerprint density at radius 3 is 2.37 bits per heavy atom. The lowest BCUT2D eigenvalue weighted by Crippen LogP contribution is -2.36. The van der Waals surface area contributed by atoms with Crippen molar-refractivity contribution in [3.8, 4) is 0 Å². The second kappa shape index (κ2) is 10.1. The molecule has 0 aromatic heterocycles. The van der Waals surface area contributed by atoms with Crippen LogP contribution in [0.2, 0.25) is 0 Å². The van der Waals surface area contributed by atoms with Crippen LogP contribution in [0.3, 0.4) is 0 Å². The van der Waals surface area contributed by atoms with Crippen molar-refractivity contribution in [3.05, 3.63) is 77.0 Å². The molecule has 0 saturated heterocycles. The Morgan fingerprint density at radius 2 is 1.80 bits per heavy atom. The van der Waals surface area contributed by atoms with Crippen molar-refractivity contribution in [1.29, 1.82) is 0 Å². The smallest absolute Gasteiger partial charge is 0.345 e. The van der Waals surface area contributed by atoms with E-state index in [9.17, 15) is 35.6 Å². The van der Waals surface area contributed by atoms with E-state index in [4.69, 9.17) is 0 Å². The van der Waals surface area contributed by atoms with Crippen LogP contribution in [-0.4, -0.2) is 38.8 Å². The van der Waals surface area contributed by atoms with Gasteiger partial charge in [-0.1, -0.05) is 30.3 Å². The monoisotopic (exact) mass is 510 g/mol. The molecule has 0 radical (unpaired) electrons. The van der Waals surface area contributed by atoms with E-state index >= 15 is 0 Å². The molecule has 0 bridgehead atoms. The van der Waals surface area contributed by atoms with Crippen LogP contribution >= 0.6 is 0 Å². The summed E-state index contributed by atoms with van der Waals surface area (Å²) in [5, 5.41) is 2.55. The third-order valence-electron chi connectivity index (χ3n) is 5.55. The van der Waals surface area contributed by atoms with Crippen LogP contribution in [0.1, 0.15) is 42.0 Å². The number of alkyl halides is 4. The van der Waals surface area contributed by atoms with Crippen LogP contribution in [0.15, 0.2) is 70.2 Å². The highest BCUT2D eigenvalue weighted by molar-refractivity contribution is 7.90. The van der Waals surface area contributed by atoms with Gasteiger partial charge < -0.3 is 5.32 Å². The van der Waals surface area contributed by atoms with E-state index < -0.39 is 51.9 Å². The first-order chi connectivity index (χ1) is 16.3. The Bertz CT molecular complexity index is 1300. The molecular formula is C24H22F4N2O4S. The zero-order chi connectivity index (χ0) is 26.0. The number of amides is 1. The van der Waals surface area contributed by atoms with Gasteiger partial charge in [0.25, 0.3) is 5.91 Å². The molecule has 3 rings (SSSR count). The summed E-state index contributed by atoms with van der Waals surface area (Å²) in [6, 6.07) is 8.88. The van der Waals surface area contributed by atoms with Crippen molar-refractivity contribution < 1.29 is 35.6 Å². The summed E-state index contributed by atoms with van der Waals surface area (Å²) in [6.45, 7) is 0.666. The summed E-state index contributed by atoms with van der Waals surface area (Å²) in [5.41, 5.74) is -0.628. The predicted octanol–water partition coefficient (Wildman–Crippen LogP) is 4.34. The summed E-state index contributed by atoms with van der Waals surface area (Å²) in [4.78, 5) is 30.2. The maximum absolute atomic E-state index is 13.2. The quantitative estimate of drug-likeness (QED) is 0.443. The number of rotatable bonds is 7. The molecule has 2 aromatic carbocycles. The lowest BCUT2D eigenvalue weighted by Gasteiger charge is -2.23. The Morgan fingerprint density at radius 1 is 1.14 bits per heavy atom. The standard InChI is InChI=1S/C24H22F4N2O4S/c1-14-21(16-4-3-5-17(12-16)24(26,27)28)22(31)19(13-29-14)23(32)30-20(10-11-25)15-6-8-18(9-7-15)35(2,33)34/h3-9,12-13,20-21H,10-11H2,1-2H3,(H,30,32). The highest BCUT2D eigenvalue weighted by Crippen LogP contribution is 2.33. The van der Waals surface area contributed by atoms with Gasteiger partial charge in [-0.3, -0.25) is 19.0 Å². The van der Waals surface area contributed by atoms with Gasteiger partial charge in [0, 0.05) is 24.6 Å². The Balaban J connectivity index is 1.86. The van der Waals surface area contributed by atoms with Gasteiger partial charge in [-0.15, -0.1) is 0 Å². The Hall–Kier alpha value is -3.34. The molecule has 2 atom stereocenters. The van der Waals surface area contributed by atoms with Crippen molar-refractivity contribution >= 4 is 27.2 Å². The molecule has 2 unspecified atom stereocenters. The summed E-state index contributed by atoms with van der Waals surface area (Å²) in [7, 11) is -3.46. The summed E-state index contributed by atoms with van der Waals surface area (Å²) < 4.78 is 76.0. The van der Waals surface area contributed by atoms with Crippen molar-refractivity contribution in [2.75, 3.05) is 12.9 Å². The average molecular weight is 511 g/mol. The largest absolute Gasteiger partial charge is 0.416 e. The third kappa shape index (κ3) is 6.02. The number of carbonyl (C=O) groups is 2. The molecule has 0 fully saturated rings. The number of ketones is 1. The van der Waals surface area contributed by atoms with Gasteiger partial charge in [0.15, 0.2) is 15.6 Å². The second-order valence-corrected chi connectivity index (χ2v) is 10.1. The third-order valence-corrected chi connectivity index (χ3v) is 6.68. The zero-order valence-corrected chi connectivity index (χ0v) is 19.6. The van der Waals surface area contributed by atoms with Crippen molar-refractivity contribution in [3.63, 3.8) is 0 Å². The summed E-state index contributed by atoms with van der Waals surface area (Å²) >= 11 is 0. The van der Waals surface area contributed by atoms with E-state index in [2.05, 4.69) is 10.3 Å². The maximum atomic E-state index is 13.2. The summed E-state index contributed by atoms with van der Waals surface area (Å²) in [6.07, 6.45) is -2.68. The highest BCUT2D eigenvalue weighted by Gasteiger charge is 2.36. The summed E-state index contributed by atoms with van der Waals surface area (Å²) in [5.74, 6) is -2.79. The van der Waals surface area contributed by atoms with Crippen LogP contribution in [0.25, 0.3) is 0 Å². The molecular weight excluding hydrogens is 488 g/mol. The highest BCUT2D eigenvalue weighted by atomic mass is 32.2. The van der Waals surface area contributed by atoms with Gasteiger partial charge >= 0.3 is 6.18 Å². The van der Waals surface area contributed by atoms with E-state index in [0.29, 0.717) is 5.56 Å². The molecule has 0 aliphatic carbocycles. The van der Waals surface area contributed by atoms with Crippen LogP contribution in [0.4, 0.5) is 17.6 Å². The van der Waals surface area contributed by atoms with Gasteiger partial charge in [0.05, 0.1) is 29.1 Å². The van der Waals surface area contributed by atoms with Gasteiger partial charge in [0.2, 0.25) is 0 Å². The van der Waals surface area contributed by atoms with Gasteiger partial charge in [-0.05, 0) is 36.2 Å². The van der Waals surface area contributed by atoms with E-state index in [1.54, 1.807) is 0 Å². The molecule has 0 saturated carbocycles. The molecule has 35 heavy (non-hydrogen) atoms. The number of hydrogen-bond donors (Lipinski definition) is 1. The van der Waals surface area contributed by atoms with Crippen LogP contribution in [0, 0.1) is 0 Å². The minimum absolute atomic E-state index is 0.0427. The molecule has 1 amide bonds. The number of aliphatic imine (C=N–C) groups is 1. The molecule has 186 valence electrons. The molecule has 0 spiro atoms. The van der Waals surface area contributed by atoms with Gasteiger partial charge in [-0.25, -0.2) is 8.42 Å². The fraction of sp³-hybridized carbons (Fsp3) is 0.292. The maximum Gasteiger partial charge on any atom is 0.416 e. The number of carbonyl (C=O) groups excluding carboxylic acids is 2. The van der Waals surface area contributed by atoms with E-state index in [-0.39, 0.29) is 28.2 Å². The molecule has 1 heterocycles. The number of nitrogens with one attached hydrogen (secondary N) is 1. The second-order valence-electron chi connectivity index (χ2n) is 8.08. The lowest BCUT2D eigenvalue weighted by molar-refractivity contribution is -0.137. The number of sulfone groups is 1. The molecule has 11 heteroatoms. The van der Waals surface area contributed by atoms with E-state index in [1.807, 2.05) is 0 Å². The fourth-order valence-corrected chi connectivity index (χ4v) is 4.35. The van der Waals surface area contributed by atoms with E-state index in [0.717, 1.165) is 24.6 Å². The Labute approximate surface area is 199 Å². The Kier molecular flexibility index (Phi) is 7.59. The molecule has 1 aliphatic heterocycles. The van der Waals surface area contributed by atoms with Crippen molar-refractivity contribution in [2.45, 2.75) is 36.4 Å². The number of nitrogens with zero attached hydrogens (tertiary/aromatic N) is 1. The predicted molar refractivity (Wildman–Crippen MR) is 121 cm³/mol. The lowest BCUT2D eigenvalue weighted by atomic mass is 9.84. The number of Topliss-reactive ketones (excluding diaryl/α,β-unsaturated/α-hetero) is 1. The van der Waals surface area contributed by atoms with E-state index in [1.165, 1.54) is 43.3 Å². The van der Waals surface area contributed by atoms with Crippen LogP contribution in [-0.2, 0) is 25.6 Å². The topological polar surface area (TPSA) is 92.7 Å². The van der Waals surface area contributed by atoms with Gasteiger partial charge in [0.1, 0.15) is 5.57 Å². The first kappa shape index (κ1) is 26.3. The molecule has 6 nitrogen and oxygen atoms in total. The number of hydrogen-bond acceptors (Lipinski definition) is 5. The first-order valence-corrected chi connectivity index (χ1v) is 12.3. The van der Waals surface area contributed by atoms with Crippen molar-refractivity contribution in [1.82, 2.24) is 5.32 Å². The molecule has 1 aliphatic rings. The van der Waals surface area contributed by atoms with Gasteiger partial charge in [-0.2, -0.15) is 13.2 Å². The SMILES string of the molecule is CC1=NC=C(C(=O)NC(CCF)c2ccc(S(C)(=O)=O)cc2)C(=O)C1c1cccc(C(F)(F)F)c1.